The number of hydrogen-bond acceptors (Lipinski definition) is 2. The molecule has 1 spiro atoms. The smallest absolute Gasteiger partial charge is 0.233 e. The van der Waals surface area contributed by atoms with Gasteiger partial charge in [-0.3, -0.25) is 9.59 Å². The Morgan fingerprint density at radius 2 is 1.85 bits per heavy atom. The number of carbonyl (C=O) groups is 2. The summed E-state index contributed by atoms with van der Waals surface area (Å²) in [4.78, 5) is 23.4. The average molecular weight is 181 g/mol. The molecule has 0 aromatic rings. The highest BCUT2D eigenvalue weighted by Crippen LogP contribution is 2.39. The SMILES string of the molecule is O=C1CCCC[C@@]12CCCNC2=O. The standard InChI is InChI=1S/C10H15NO2/c12-8-4-1-2-5-10(8)6-3-7-11-9(10)13/h1-7H2,(H,11,13)/t10-/m1/s1. The lowest BCUT2D eigenvalue weighted by Gasteiger charge is -2.37. The summed E-state index contributed by atoms with van der Waals surface area (Å²) in [7, 11) is 0. The summed E-state index contributed by atoms with van der Waals surface area (Å²) in [6, 6.07) is 0. The molecule has 0 unspecified atom stereocenters. The number of piperidine rings is 1. The van der Waals surface area contributed by atoms with Crippen molar-refractivity contribution in [1.29, 1.82) is 0 Å². The molecule has 0 aromatic carbocycles. The first kappa shape index (κ1) is 8.73. The molecule has 3 heteroatoms. The van der Waals surface area contributed by atoms with Gasteiger partial charge in [0.15, 0.2) is 0 Å². The second-order valence-corrected chi connectivity index (χ2v) is 4.07. The summed E-state index contributed by atoms with van der Waals surface area (Å²) < 4.78 is 0. The maximum atomic E-state index is 11.7. The summed E-state index contributed by atoms with van der Waals surface area (Å²) in [6.07, 6.45) is 5.10. The van der Waals surface area contributed by atoms with Crippen LogP contribution < -0.4 is 5.32 Å². The van der Waals surface area contributed by atoms with E-state index in [9.17, 15) is 9.59 Å². The van der Waals surface area contributed by atoms with E-state index in [4.69, 9.17) is 0 Å². The normalized spacial score (nSPS) is 34.8. The molecule has 1 atom stereocenters. The van der Waals surface area contributed by atoms with Gasteiger partial charge >= 0.3 is 0 Å². The highest BCUT2D eigenvalue weighted by molar-refractivity contribution is 6.06. The largest absolute Gasteiger partial charge is 0.355 e. The molecule has 72 valence electrons. The number of rotatable bonds is 0. The van der Waals surface area contributed by atoms with Crippen LogP contribution in [0.5, 0.6) is 0 Å². The molecule has 3 nitrogen and oxygen atoms in total. The van der Waals surface area contributed by atoms with Gasteiger partial charge in [0, 0.05) is 13.0 Å². The van der Waals surface area contributed by atoms with Crippen molar-refractivity contribution in [2.45, 2.75) is 38.5 Å². The molecule has 1 aliphatic heterocycles. The predicted octanol–water partition coefficient (Wildman–Crippen LogP) is 1.03. The Morgan fingerprint density at radius 1 is 1.08 bits per heavy atom. The second-order valence-electron chi connectivity index (χ2n) is 4.07. The van der Waals surface area contributed by atoms with Gasteiger partial charge in [-0.05, 0) is 25.7 Å². The van der Waals surface area contributed by atoms with Crippen LogP contribution >= 0.6 is 0 Å². The number of nitrogens with one attached hydrogen (secondary N) is 1. The topological polar surface area (TPSA) is 46.2 Å². The number of ketones is 1. The van der Waals surface area contributed by atoms with E-state index < -0.39 is 5.41 Å². The molecule has 1 aliphatic carbocycles. The minimum Gasteiger partial charge on any atom is -0.355 e. The van der Waals surface area contributed by atoms with Crippen molar-refractivity contribution in [1.82, 2.24) is 5.32 Å². The highest BCUT2D eigenvalue weighted by Gasteiger charge is 2.47. The highest BCUT2D eigenvalue weighted by atomic mass is 16.2. The van der Waals surface area contributed by atoms with Crippen LogP contribution in [0.2, 0.25) is 0 Å². The summed E-state index contributed by atoms with van der Waals surface area (Å²) in [5.74, 6) is 0.166. The van der Waals surface area contributed by atoms with Gasteiger partial charge in [0.05, 0.1) is 0 Å². The summed E-state index contributed by atoms with van der Waals surface area (Å²) >= 11 is 0. The van der Waals surface area contributed by atoms with Crippen LogP contribution in [-0.2, 0) is 9.59 Å². The number of hydrogen-bond donors (Lipinski definition) is 1. The van der Waals surface area contributed by atoms with Crippen LogP contribution in [-0.4, -0.2) is 18.2 Å². The number of carbonyl (C=O) groups excluding carboxylic acids is 2. The quantitative estimate of drug-likeness (QED) is 0.567. The minimum atomic E-state index is -0.615. The van der Waals surface area contributed by atoms with Crippen LogP contribution in [0.25, 0.3) is 0 Å². The zero-order valence-corrected chi connectivity index (χ0v) is 7.77. The molecule has 2 rings (SSSR count). The first-order valence-corrected chi connectivity index (χ1v) is 5.07. The van der Waals surface area contributed by atoms with Crippen LogP contribution in [0.4, 0.5) is 0 Å². The van der Waals surface area contributed by atoms with Crippen molar-refractivity contribution < 1.29 is 9.59 Å². The molecule has 0 bridgehead atoms. The van der Waals surface area contributed by atoms with Gasteiger partial charge in [-0.15, -0.1) is 0 Å². The van der Waals surface area contributed by atoms with Gasteiger partial charge in [0.1, 0.15) is 11.2 Å². The van der Waals surface area contributed by atoms with E-state index in [1.54, 1.807) is 0 Å². The van der Waals surface area contributed by atoms with E-state index in [-0.39, 0.29) is 11.7 Å². The molecule has 2 fully saturated rings. The lowest BCUT2D eigenvalue weighted by Crippen LogP contribution is -2.51. The third-order valence-electron chi connectivity index (χ3n) is 3.29. The summed E-state index contributed by atoms with van der Waals surface area (Å²) in [5.41, 5.74) is -0.615. The second kappa shape index (κ2) is 3.13. The van der Waals surface area contributed by atoms with Gasteiger partial charge in [-0.2, -0.15) is 0 Å². The lowest BCUT2D eigenvalue weighted by atomic mass is 9.68. The van der Waals surface area contributed by atoms with Gasteiger partial charge in [0.25, 0.3) is 0 Å². The van der Waals surface area contributed by atoms with E-state index in [1.165, 1.54) is 0 Å². The molecule has 2 aliphatic rings. The third kappa shape index (κ3) is 1.26. The molecule has 1 N–H and O–H groups in total. The molecule has 0 radical (unpaired) electrons. The van der Waals surface area contributed by atoms with Crippen LogP contribution in [0.15, 0.2) is 0 Å². The van der Waals surface area contributed by atoms with Crippen LogP contribution in [0.3, 0.4) is 0 Å². The first-order valence-electron chi connectivity index (χ1n) is 5.07. The van der Waals surface area contributed by atoms with Gasteiger partial charge in [0.2, 0.25) is 5.91 Å². The predicted molar refractivity (Wildman–Crippen MR) is 48.2 cm³/mol. The van der Waals surface area contributed by atoms with Crippen molar-refractivity contribution in [3.8, 4) is 0 Å². The number of Topliss-reactive ketones (excluding diaryl/α,β-unsaturated/α-hetero) is 1. The molecule has 13 heavy (non-hydrogen) atoms. The van der Waals surface area contributed by atoms with Gasteiger partial charge in [-0.25, -0.2) is 0 Å². The zero-order chi connectivity index (χ0) is 9.31. The zero-order valence-electron chi connectivity index (χ0n) is 7.77. The van der Waals surface area contributed by atoms with E-state index in [0.29, 0.717) is 6.42 Å². The first-order chi connectivity index (χ1) is 6.26. The molecule has 1 saturated carbocycles. The average Bonchev–Trinajstić information content (AvgIpc) is 2.15. The fourth-order valence-electron chi connectivity index (χ4n) is 2.47. The summed E-state index contributed by atoms with van der Waals surface area (Å²) in [5, 5.41) is 2.81. The molecule has 1 amide bonds. The van der Waals surface area contributed by atoms with Crippen molar-refractivity contribution in [3.05, 3.63) is 0 Å². The Hall–Kier alpha value is -0.860. The van der Waals surface area contributed by atoms with Crippen LogP contribution in [0, 0.1) is 5.41 Å². The van der Waals surface area contributed by atoms with E-state index in [1.807, 2.05) is 0 Å². The van der Waals surface area contributed by atoms with Crippen molar-refractivity contribution in [2.75, 3.05) is 6.54 Å². The van der Waals surface area contributed by atoms with E-state index >= 15 is 0 Å². The Bertz CT molecular complexity index is 221. The molecule has 0 aromatic heterocycles. The lowest BCUT2D eigenvalue weighted by molar-refractivity contribution is -0.147. The Morgan fingerprint density at radius 3 is 2.54 bits per heavy atom. The molecule has 1 saturated heterocycles. The van der Waals surface area contributed by atoms with Crippen LogP contribution in [0.1, 0.15) is 38.5 Å². The Labute approximate surface area is 77.9 Å². The monoisotopic (exact) mass is 181 g/mol. The summed E-state index contributed by atoms with van der Waals surface area (Å²) in [6.45, 7) is 0.744. The number of amides is 1. The fourth-order valence-corrected chi connectivity index (χ4v) is 2.47. The van der Waals surface area contributed by atoms with Crippen molar-refractivity contribution in [3.63, 3.8) is 0 Å². The molecule has 1 heterocycles. The third-order valence-corrected chi connectivity index (χ3v) is 3.29. The Kier molecular flexibility index (Phi) is 2.10. The Balaban J connectivity index is 2.23. The van der Waals surface area contributed by atoms with Gasteiger partial charge < -0.3 is 5.32 Å². The van der Waals surface area contributed by atoms with Crippen molar-refractivity contribution in [2.24, 2.45) is 5.41 Å². The fraction of sp³-hybridized carbons (Fsp3) is 0.800. The molecular formula is C10H15NO2. The van der Waals surface area contributed by atoms with Gasteiger partial charge in [-0.1, -0.05) is 6.42 Å². The molecular weight excluding hydrogens is 166 g/mol. The van der Waals surface area contributed by atoms with E-state index in [0.717, 1.165) is 38.6 Å². The maximum Gasteiger partial charge on any atom is 0.233 e. The van der Waals surface area contributed by atoms with Crippen molar-refractivity contribution >= 4 is 11.7 Å². The maximum absolute atomic E-state index is 11.7. The minimum absolute atomic E-state index is 0.0107. The van der Waals surface area contributed by atoms with E-state index in [2.05, 4.69) is 5.32 Å².